The van der Waals surface area contributed by atoms with E-state index in [1.54, 1.807) is 0 Å². The van der Waals surface area contributed by atoms with Gasteiger partial charge in [0.2, 0.25) is 0 Å². The van der Waals surface area contributed by atoms with E-state index >= 15 is 0 Å². The predicted octanol–water partition coefficient (Wildman–Crippen LogP) is 4.23. The first kappa shape index (κ1) is 13.6. The summed E-state index contributed by atoms with van der Waals surface area (Å²) >= 11 is 1.95. The summed E-state index contributed by atoms with van der Waals surface area (Å²) in [5, 5.41) is 0. The average molecular weight is 237 g/mol. The molecule has 0 fully saturated rings. The van der Waals surface area contributed by atoms with Crippen molar-refractivity contribution in [1.29, 1.82) is 0 Å². The third-order valence-corrected chi connectivity index (χ3v) is 4.06. The van der Waals surface area contributed by atoms with Crippen LogP contribution >= 0.6 is 11.8 Å². The molecule has 0 amide bonds. The second-order valence-corrected chi connectivity index (χ2v) is 5.66. The summed E-state index contributed by atoms with van der Waals surface area (Å²) < 4.78 is 0. The van der Waals surface area contributed by atoms with Gasteiger partial charge in [-0.3, -0.25) is 0 Å². The lowest BCUT2D eigenvalue weighted by Gasteiger charge is -2.10. The van der Waals surface area contributed by atoms with Crippen molar-refractivity contribution in [3.05, 3.63) is 29.8 Å². The Morgan fingerprint density at radius 2 is 1.81 bits per heavy atom. The van der Waals surface area contributed by atoms with Gasteiger partial charge in [-0.05, 0) is 30.5 Å². The summed E-state index contributed by atoms with van der Waals surface area (Å²) in [5.41, 5.74) is 7.03. The van der Waals surface area contributed by atoms with E-state index in [9.17, 15) is 0 Å². The second kappa shape index (κ2) is 6.97. The fraction of sp³-hybridized carbons (Fsp3) is 0.571. The third kappa shape index (κ3) is 4.58. The zero-order chi connectivity index (χ0) is 12.0. The molecule has 0 aliphatic rings. The quantitative estimate of drug-likeness (QED) is 0.749. The summed E-state index contributed by atoms with van der Waals surface area (Å²) in [4.78, 5) is 1.35. The van der Waals surface area contributed by atoms with E-state index < -0.39 is 0 Å². The molecule has 16 heavy (non-hydrogen) atoms. The van der Waals surface area contributed by atoms with Gasteiger partial charge in [-0.2, -0.15) is 0 Å². The maximum Gasteiger partial charge on any atom is 0.0266 e. The van der Waals surface area contributed by atoms with Crippen LogP contribution in [0, 0.1) is 5.92 Å². The van der Waals surface area contributed by atoms with Crippen molar-refractivity contribution in [2.24, 2.45) is 11.7 Å². The van der Waals surface area contributed by atoms with Crippen molar-refractivity contribution in [1.82, 2.24) is 0 Å². The highest BCUT2D eigenvalue weighted by Crippen LogP contribution is 2.23. The van der Waals surface area contributed by atoms with Gasteiger partial charge >= 0.3 is 0 Å². The molecule has 2 unspecified atom stereocenters. The first-order chi connectivity index (χ1) is 7.63. The van der Waals surface area contributed by atoms with Crippen molar-refractivity contribution in [3.8, 4) is 0 Å². The normalized spacial score (nSPS) is 14.8. The Hall–Kier alpha value is -0.470. The van der Waals surface area contributed by atoms with Crippen LogP contribution in [0.5, 0.6) is 0 Å². The first-order valence-electron chi connectivity index (χ1n) is 6.11. The van der Waals surface area contributed by atoms with Gasteiger partial charge in [-0.25, -0.2) is 0 Å². The lowest BCUT2D eigenvalue weighted by atomic mass is 10.1. The van der Waals surface area contributed by atoms with Crippen LogP contribution in [-0.2, 0) is 0 Å². The van der Waals surface area contributed by atoms with Crippen LogP contribution in [0.25, 0.3) is 0 Å². The molecular weight excluding hydrogens is 214 g/mol. The molecule has 0 radical (unpaired) electrons. The minimum absolute atomic E-state index is 0.137. The molecule has 1 nitrogen and oxygen atoms in total. The molecule has 2 heteroatoms. The first-order valence-corrected chi connectivity index (χ1v) is 7.10. The van der Waals surface area contributed by atoms with Crippen molar-refractivity contribution in [2.75, 3.05) is 5.75 Å². The van der Waals surface area contributed by atoms with Crippen LogP contribution in [0.15, 0.2) is 29.2 Å². The van der Waals surface area contributed by atoms with E-state index in [1.807, 2.05) is 18.7 Å². The van der Waals surface area contributed by atoms with Crippen LogP contribution in [0.2, 0.25) is 0 Å². The Morgan fingerprint density at radius 3 is 2.31 bits per heavy atom. The lowest BCUT2D eigenvalue weighted by Crippen LogP contribution is -2.04. The molecule has 0 bridgehead atoms. The molecular formula is C14H23NS. The second-order valence-electron chi connectivity index (χ2n) is 4.56. The van der Waals surface area contributed by atoms with Gasteiger partial charge in [0.1, 0.15) is 0 Å². The third-order valence-electron chi connectivity index (χ3n) is 2.72. The Balaban J connectivity index is 2.43. The molecule has 2 N–H and O–H groups in total. The van der Waals surface area contributed by atoms with Crippen LogP contribution in [0.1, 0.15) is 45.2 Å². The van der Waals surface area contributed by atoms with Gasteiger partial charge in [0.05, 0.1) is 0 Å². The molecule has 90 valence electrons. The number of nitrogens with two attached hydrogens (primary N) is 1. The van der Waals surface area contributed by atoms with E-state index in [4.69, 9.17) is 5.73 Å². The molecule has 0 aromatic heterocycles. The molecule has 1 aromatic carbocycles. The lowest BCUT2D eigenvalue weighted by molar-refractivity contribution is 0.585. The fourth-order valence-corrected chi connectivity index (χ4v) is 2.65. The number of benzene rings is 1. The largest absolute Gasteiger partial charge is 0.324 e. The maximum atomic E-state index is 5.82. The number of hydrogen-bond donors (Lipinski definition) is 1. The highest BCUT2D eigenvalue weighted by molar-refractivity contribution is 7.99. The van der Waals surface area contributed by atoms with Gasteiger partial charge in [-0.15, -0.1) is 11.8 Å². The van der Waals surface area contributed by atoms with Gasteiger partial charge in [0.15, 0.2) is 0 Å². The SMILES string of the molecule is CCCC(C)CSc1ccc(C(C)N)cc1. The summed E-state index contributed by atoms with van der Waals surface area (Å²) in [6.45, 7) is 6.59. The summed E-state index contributed by atoms with van der Waals surface area (Å²) in [7, 11) is 0. The van der Waals surface area contributed by atoms with Crippen molar-refractivity contribution in [3.63, 3.8) is 0 Å². The molecule has 2 atom stereocenters. The molecule has 0 saturated heterocycles. The molecule has 0 heterocycles. The van der Waals surface area contributed by atoms with Crippen molar-refractivity contribution < 1.29 is 0 Å². The van der Waals surface area contributed by atoms with E-state index in [0.717, 1.165) is 5.92 Å². The molecule has 0 aliphatic carbocycles. The zero-order valence-corrected chi connectivity index (χ0v) is 11.4. The standard InChI is InChI=1S/C14H23NS/c1-4-5-11(2)10-16-14-8-6-13(7-9-14)12(3)15/h6-9,11-12H,4-5,10,15H2,1-3H3. The smallest absolute Gasteiger partial charge is 0.0266 e. The number of thioether (sulfide) groups is 1. The van der Waals surface area contributed by atoms with Crippen molar-refractivity contribution >= 4 is 11.8 Å². The summed E-state index contributed by atoms with van der Waals surface area (Å²) in [6, 6.07) is 8.78. The fourth-order valence-electron chi connectivity index (χ4n) is 1.68. The molecule has 0 saturated carbocycles. The topological polar surface area (TPSA) is 26.0 Å². The van der Waals surface area contributed by atoms with E-state index in [1.165, 1.54) is 29.1 Å². The number of rotatable bonds is 6. The zero-order valence-electron chi connectivity index (χ0n) is 10.6. The Morgan fingerprint density at radius 1 is 1.19 bits per heavy atom. The van der Waals surface area contributed by atoms with E-state index in [0.29, 0.717) is 0 Å². The Kier molecular flexibility index (Phi) is 5.93. The molecule has 1 aromatic rings. The molecule has 0 aliphatic heterocycles. The Bertz CT molecular complexity index is 292. The van der Waals surface area contributed by atoms with Crippen LogP contribution < -0.4 is 5.73 Å². The van der Waals surface area contributed by atoms with Crippen LogP contribution in [0.4, 0.5) is 0 Å². The van der Waals surface area contributed by atoms with Gasteiger partial charge < -0.3 is 5.73 Å². The molecule has 0 spiro atoms. The van der Waals surface area contributed by atoms with E-state index in [2.05, 4.69) is 38.1 Å². The minimum atomic E-state index is 0.137. The number of hydrogen-bond acceptors (Lipinski definition) is 2. The minimum Gasteiger partial charge on any atom is -0.324 e. The van der Waals surface area contributed by atoms with Crippen LogP contribution in [0.3, 0.4) is 0 Å². The van der Waals surface area contributed by atoms with Gasteiger partial charge in [0, 0.05) is 16.7 Å². The monoisotopic (exact) mass is 237 g/mol. The predicted molar refractivity (Wildman–Crippen MR) is 73.8 cm³/mol. The van der Waals surface area contributed by atoms with Crippen molar-refractivity contribution in [2.45, 2.75) is 44.6 Å². The average Bonchev–Trinajstić information content (AvgIpc) is 2.27. The highest BCUT2D eigenvalue weighted by atomic mass is 32.2. The summed E-state index contributed by atoms with van der Waals surface area (Å²) in [5.74, 6) is 2.02. The van der Waals surface area contributed by atoms with Gasteiger partial charge in [0.25, 0.3) is 0 Å². The maximum absolute atomic E-state index is 5.82. The van der Waals surface area contributed by atoms with Crippen LogP contribution in [-0.4, -0.2) is 5.75 Å². The Labute approximate surface area is 104 Å². The highest BCUT2D eigenvalue weighted by Gasteiger charge is 2.03. The van der Waals surface area contributed by atoms with E-state index in [-0.39, 0.29) is 6.04 Å². The van der Waals surface area contributed by atoms with Gasteiger partial charge in [-0.1, -0.05) is 38.8 Å². The molecule has 1 rings (SSSR count). The summed E-state index contributed by atoms with van der Waals surface area (Å²) in [6.07, 6.45) is 2.61.